The summed E-state index contributed by atoms with van der Waals surface area (Å²) in [7, 11) is -0.622. The number of fused-ring (bicyclic) bond motifs is 1. The van der Waals surface area contributed by atoms with Crippen molar-refractivity contribution < 1.29 is 18.3 Å². The molecule has 0 spiro atoms. The fourth-order valence-electron chi connectivity index (χ4n) is 3.51. The van der Waals surface area contributed by atoms with Crippen molar-refractivity contribution >= 4 is 39.3 Å². The fraction of sp³-hybridized carbons (Fsp3) is 0.227. The second-order valence-corrected chi connectivity index (χ2v) is 9.28. The summed E-state index contributed by atoms with van der Waals surface area (Å²) in [6.45, 7) is 2.94. The molecular weight excluding hydrogens is 438 g/mol. The van der Waals surface area contributed by atoms with Crippen molar-refractivity contribution in [2.24, 2.45) is 5.73 Å². The second kappa shape index (κ2) is 9.65. The molecule has 0 atom stereocenters. The van der Waals surface area contributed by atoms with Crippen LogP contribution in [-0.2, 0) is 16.6 Å². The van der Waals surface area contributed by atoms with Crippen LogP contribution < -0.4 is 5.73 Å². The molecule has 0 bridgehead atoms. The molecule has 3 N–H and O–H groups in total. The highest BCUT2D eigenvalue weighted by Gasteiger charge is 2.21. The van der Waals surface area contributed by atoms with Crippen LogP contribution in [-0.4, -0.2) is 49.0 Å². The Morgan fingerprint density at radius 1 is 1.16 bits per heavy atom. The van der Waals surface area contributed by atoms with Crippen LogP contribution in [0.3, 0.4) is 0 Å². The number of carboxylic acids is 1. The van der Waals surface area contributed by atoms with E-state index in [4.69, 9.17) is 5.73 Å². The molecule has 31 heavy (non-hydrogen) atoms. The second-order valence-electron chi connectivity index (χ2n) is 7.13. The van der Waals surface area contributed by atoms with Gasteiger partial charge in [0, 0.05) is 49.3 Å². The average molecular weight is 464 g/mol. The number of carboxylic acid groups (broad SMARTS) is 1. The third-order valence-electron chi connectivity index (χ3n) is 5.06. The van der Waals surface area contributed by atoms with Crippen LogP contribution in [0.4, 0.5) is 0 Å². The first-order chi connectivity index (χ1) is 14.2. The largest absolute Gasteiger partial charge is 0.478 e. The zero-order valence-corrected chi connectivity index (χ0v) is 19.2. The maximum Gasteiger partial charge on any atom is 0.335 e. The number of rotatable bonds is 7. The minimum atomic E-state index is -3.60. The molecule has 0 saturated heterocycles. The number of allylic oxidation sites excluding steroid dienone is 1. The Kier molecular flexibility index (Phi) is 7.67. The molecular formula is C22H26ClN3O4S. The van der Waals surface area contributed by atoms with Crippen LogP contribution in [0, 0.1) is 6.92 Å². The number of benzene rings is 2. The first kappa shape index (κ1) is 24.6. The number of halogens is 1. The van der Waals surface area contributed by atoms with Crippen molar-refractivity contribution in [3.05, 3.63) is 65.9 Å². The Morgan fingerprint density at radius 3 is 2.48 bits per heavy atom. The van der Waals surface area contributed by atoms with E-state index in [1.54, 1.807) is 36.4 Å². The summed E-state index contributed by atoms with van der Waals surface area (Å²) in [6, 6.07) is 11.7. The summed E-state index contributed by atoms with van der Waals surface area (Å²) >= 11 is 0. The Labute approximate surface area is 188 Å². The lowest BCUT2D eigenvalue weighted by atomic mass is 10.0. The van der Waals surface area contributed by atoms with Crippen LogP contribution in [0.5, 0.6) is 0 Å². The maximum atomic E-state index is 12.6. The molecule has 0 saturated carbocycles. The molecule has 7 nitrogen and oxygen atoms in total. The van der Waals surface area contributed by atoms with Gasteiger partial charge >= 0.3 is 5.97 Å². The summed E-state index contributed by atoms with van der Waals surface area (Å²) in [4.78, 5) is 11.7. The lowest BCUT2D eigenvalue weighted by molar-refractivity contribution is 0.0697. The van der Waals surface area contributed by atoms with Crippen molar-refractivity contribution in [2.75, 3.05) is 20.6 Å². The first-order valence-corrected chi connectivity index (χ1v) is 10.9. The number of carbonyl (C=O) groups is 1. The first-order valence-electron chi connectivity index (χ1n) is 9.42. The SMILES string of the molecule is Cc1c(-c2cccc(S(=O)(=O)N(C)C)c2)c2cc(C(=O)O)ccc2n1C/C=C/CN.Cl. The molecule has 0 aliphatic rings. The van der Waals surface area contributed by atoms with Gasteiger partial charge in [-0.2, -0.15) is 0 Å². The van der Waals surface area contributed by atoms with E-state index < -0.39 is 16.0 Å². The molecule has 0 aliphatic heterocycles. The van der Waals surface area contributed by atoms with Crippen LogP contribution in [0.2, 0.25) is 0 Å². The van der Waals surface area contributed by atoms with E-state index in [9.17, 15) is 18.3 Å². The predicted molar refractivity (Wildman–Crippen MR) is 125 cm³/mol. The number of nitrogens with two attached hydrogens (primary N) is 1. The van der Waals surface area contributed by atoms with E-state index in [0.29, 0.717) is 18.7 Å². The van der Waals surface area contributed by atoms with E-state index in [2.05, 4.69) is 4.57 Å². The Balaban J connectivity index is 0.00000341. The lowest BCUT2D eigenvalue weighted by Crippen LogP contribution is -2.22. The van der Waals surface area contributed by atoms with E-state index in [1.165, 1.54) is 18.4 Å². The molecule has 0 unspecified atom stereocenters. The quantitative estimate of drug-likeness (QED) is 0.521. The van der Waals surface area contributed by atoms with Gasteiger partial charge in [0.25, 0.3) is 0 Å². The molecule has 166 valence electrons. The van der Waals surface area contributed by atoms with Gasteiger partial charge in [0.05, 0.1) is 10.5 Å². The lowest BCUT2D eigenvalue weighted by Gasteiger charge is -2.13. The van der Waals surface area contributed by atoms with Crippen LogP contribution in [0.15, 0.2) is 59.5 Å². The van der Waals surface area contributed by atoms with E-state index in [1.807, 2.05) is 25.1 Å². The van der Waals surface area contributed by atoms with Gasteiger partial charge in [0.1, 0.15) is 0 Å². The van der Waals surface area contributed by atoms with Gasteiger partial charge in [-0.15, -0.1) is 12.4 Å². The van der Waals surface area contributed by atoms with Gasteiger partial charge in [0.2, 0.25) is 10.0 Å². The highest BCUT2D eigenvalue weighted by Crippen LogP contribution is 2.36. The van der Waals surface area contributed by atoms with E-state index in [0.717, 1.165) is 22.2 Å². The van der Waals surface area contributed by atoms with Crippen molar-refractivity contribution in [1.82, 2.24) is 8.87 Å². The monoisotopic (exact) mass is 463 g/mol. The van der Waals surface area contributed by atoms with Crippen molar-refractivity contribution in [1.29, 1.82) is 0 Å². The zero-order valence-electron chi connectivity index (χ0n) is 17.6. The number of nitrogens with zero attached hydrogens (tertiary/aromatic N) is 2. The van der Waals surface area contributed by atoms with Gasteiger partial charge in [-0.1, -0.05) is 24.3 Å². The van der Waals surface area contributed by atoms with Gasteiger partial charge < -0.3 is 15.4 Å². The molecule has 1 aromatic heterocycles. The summed E-state index contributed by atoms with van der Waals surface area (Å²) in [6.07, 6.45) is 3.81. The molecule has 0 amide bonds. The molecule has 9 heteroatoms. The Morgan fingerprint density at radius 2 is 1.87 bits per heavy atom. The number of aromatic nitrogens is 1. The van der Waals surface area contributed by atoms with Crippen LogP contribution in [0.1, 0.15) is 16.1 Å². The van der Waals surface area contributed by atoms with Gasteiger partial charge in [-0.3, -0.25) is 0 Å². The zero-order chi connectivity index (χ0) is 22.1. The minimum Gasteiger partial charge on any atom is -0.478 e. The van der Waals surface area contributed by atoms with Crippen molar-refractivity contribution in [3.63, 3.8) is 0 Å². The van der Waals surface area contributed by atoms with E-state index in [-0.39, 0.29) is 22.9 Å². The third kappa shape index (κ3) is 4.67. The number of sulfonamides is 1. The highest BCUT2D eigenvalue weighted by atomic mass is 35.5. The highest BCUT2D eigenvalue weighted by molar-refractivity contribution is 7.89. The molecule has 1 heterocycles. The number of hydrogen-bond acceptors (Lipinski definition) is 4. The molecule has 0 aliphatic carbocycles. The molecule has 3 rings (SSSR count). The van der Waals surface area contributed by atoms with Crippen LogP contribution in [0.25, 0.3) is 22.0 Å². The molecule has 0 fully saturated rings. The van der Waals surface area contributed by atoms with Crippen molar-refractivity contribution in [2.45, 2.75) is 18.4 Å². The summed E-state index contributed by atoms with van der Waals surface area (Å²) in [5.41, 5.74) is 9.03. The van der Waals surface area contributed by atoms with Crippen molar-refractivity contribution in [3.8, 4) is 11.1 Å². The molecule has 0 radical (unpaired) electrons. The smallest absolute Gasteiger partial charge is 0.335 e. The van der Waals surface area contributed by atoms with Crippen LogP contribution >= 0.6 is 12.4 Å². The van der Waals surface area contributed by atoms with Gasteiger partial charge in [-0.25, -0.2) is 17.5 Å². The van der Waals surface area contributed by atoms with Gasteiger partial charge in [0.15, 0.2) is 0 Å². The minimum absolute atomic E-state index is 0. The number of aromatic carboxylic acids is 1. The standard InChI is InChI=1S/C22H25N3O4S.ClH/c1-15-21(16-7-6-8-18(13-16)30(28,29)24(2)3)19-14-17(22(26)27)9-10-20(19)25(15)12-5-4-11-23;/h4-10,13-14H,11-12,23H2,1-3H3,(H,26,27);1H/b5-4+;. The fourth-order valence-corrected chi connectivity index (χ4v) is 4.46. The number of hydrogen-bond donors (Lipinski definition) is 2. The van der Waals surface area contributed by atoms with Gasteiger partial charge in [-0.05, 0) is 42.8 Å². The Bertz CT molecular complexity index is 1250. The predicted octanol–water partition coefficient (Wildman–Crippen LogP) is 3.50. The summed E-state index contributed by atoms with van der Waals surface area (Å²) < 4.78 is 28.5. The average Bonchev–Trinajstić information content (AvgIpc) is 2.99. The maximum absolute atomic E-state index is 12.6. The normalized spacial score (nSPS) is 11.9. The molecule has 3 aromatic rings. The molecule has 2 aromatic carbocycles. The van der Waals surface area contributed by atoms with E-state index >= 15 is 0 Å². The topological polar surface area (TPSA) is 106 Å². The summed E-state index contributed by atoms with van der Waals surface area (Å²) in [5, 5.41) is 10.2. The Hall–Kier alpha value is -2.65. The summed E-state index contributed by atoms with van der Waals surface area (Å²) in [5.74, 6) is -1.01. The third-order valence-corrected chi connectivity index (χ3v) is 6.87.